The number of halogens is 1. The quantitative estimate of drug-likeness (QED) is 0.720. The van der Waals surface area contributed by atoms with Gasteiger partial charge in [-0.2, -0.15) is 0 Å². The molecule has 0 bridgehead atoms. The van der Waals surface area contributed by atoms with Crippen molar-refractivity contribution in [2.24, 2.45) is 0 Å². The lowest BCUT2D eigenvalue weighted by Crippen LogP contribution is -1.97. The van der Waals surface area contributed by atoms with E-state index in [1.165, 1.54) is 0 Å². The third-order valence-electron chi connectivity index (χ3n) is 2.69. The van der Waals surface area contributed by atoms with E-state index in [0.717, 1.165) is 0 Å². The summed E-state index contributed by atoms with van der Waals surface area (Å²) in [7, 11) is 0. The van der Waals surface area contributed by atoms with Crippen molar-refractivity contribution in [1.82, 2.24) is 9.97 Å². The smallest absolute Gasteiger partial charge is 0.140 e. The molecule has 3 aromatic rings. The van der Waals surface area contributed by atoms with Gasteiger partial charge in [0.05, 0.1) is 5.39 Å². The Morgan fingerprint density at radius 2 is 2.17 bits per heavy atom. The Kier molecular flexibility index (Phi) is 2.74. The van der Waals surface area contributed by atoms with Crippen molar-refractivity contribution in [3.63, 3.8) is 0 Å². The summed E-state index contributed by atoms with van der Waals surface area (Å²) in [5.74, 6) is 0.424. The van der Waals surface area contributed by atoms with E-state index in [9.17, 15) is 5.11 Å². The monoisotopic (exact) mass is 260 g/mol. The summed E-state index contributed by atoms with van der Waals surface area (Å²) in [4.78, 5) is 7.93. The first-order valence-corrected chi connectivity index (χ1v) is 5.75. The maximum atomic E-state index is 10.2. The fourth-order valence-electron chi connectivity index (χ4n) is 1.79. The molecule has 0 aliphatic carbocycles. The van der Waals surface area contributed by atoms with Crippen molar-refractivity contribution in [2.75, 3.05) is 0 Å². The Labute approximate surface area is 108 Å². The Morgan fingerprint density at radius 3 is 2.89 bits per heavy atom. The van der Waals surface area contributed by atoms with Gasteiger partial charge < -0.3 is 9.52 Å². The lowest BCUT2D eigenvalue weighted by atomic mass is 10.1. The fraction of sp³-hybridized carbons (Fsp3) is 0.0769. The van der Waals surface area contributed by atoms with E-state index in [4.69, 9.17) is 16.0 Å². The summed E-state index contributed by atoms with van der Waals surface area (Å²) in [6.07, 6.45) is 3.95. The van der Waals surface area contributed by atoms with Crippen LogP contribution >= 0.6 is 11.6 Å². The number of aromatic nitrogens is 2. The molecular formula is C13H9ClN2O2. The summed E-state index contributed by atoms with van der Waals surface area (Å²) in [5.41, 5.74) is 1.27. The summed E-state index contributed by atoms with van der Waals surface area (Å²) in [6, 6.07) is 6.95. The first-order valence-electron chi connectivity index (χ1n) is 5.37. The number of fused-ring (bicyclic) bond motifs is 1. The predicted octanol–water partition coefficient (Wildman–Crippen LogP) is 2.96. The standard InChI is InChI=1S/C13H9ClN2O2/c14-13-9-6-11(18-10(9)3-5-16-13)12(17)8-2-1-4-15-7-8/h1-7,12,17H. The molecule has 1 atom stereocenters. The molecule has 1 unspecified atom stereocenters. The molecule has 0 saturated heterocycles. The molecule has 90 valence electrons. The zero-order valence-corrected chi connectivity index (χ0v) is 10.0. The van der Waals surface area contributed by atoms with E-state index in [0.29, 0.717) is 27.4 Å². The lowest BCUT2D eigenvalue weighted by molar-refractivity contribution is 0.192. The molecule has 5 heteroatoms. The molecule has 0 fully saturated rings. The largest absolute Gasteiger partial charge is 0.458 e. The van der Waals surface area contributed by atoms with Crippen molar-refractivity contribution in [1.29, 1.82) is 0 Å². The van der Waals surface area contributed by atoms with Gasteiger partial charge in [0, 0.05) is 24.2 Å². The topological polar surface area (TPSA) is 59.2 Å². The second-order valence-electron chi connectivity index (χ2n) is 3.85. The Balaban J connectivity index is 2.07. The van der Waals surface area contributed by atoms with Crippen molar-refractivity contribution in [3.8, 4) is 0 Å². The van der Waals surface area contributed by atoms with Crippen LogP contribution in [0.25, 0.3) is 11.0 Å². The van der Waals surface area contributed by atoms with Gasteiger partial charge in [-0.25, -0.2) is 4.98 Å². The number of rotatable bonds is 2. The normalized spacial score (nSPS) is 12.8. The number of hydrogen-bond acceptors (Lipinski definition) is 4. The molecular weight excluding hydrogens is 252 g/mol. The highest BCUT2D eigenvalue weighted by molar-refractivity contribution is 6.34. The zero-order chi connectivity index (χ0) is 12.5. The highest BCUT2D eigenvalue weighted by atomic mass is 35.5. The van der Waals surface area contributed by atoms with Gasteiger partial charge in [-0.3, -0.25) is 4.98 Å². The number of aliphatic hydroxyl groups is 1. The zero-order valence-electron chi connectivity index (χ0n) is 9.25. The van der Waals surface area contributed by atoms with Crippen molar-refractivity contribution < 1.29 is 9.52 Å². The molecule has 0 aliphatic heterocycles. The molecule has 1 N–H and O–H groups in total. The maximum absolute atomic E-state index is 10.2. The third-order valence-corrected chi connectivity index (χ3v) is 2.99. The van der Waals surface area contributed by atoms with Gasteiger partial charge in [-0.1, -0.05) is 17.7 Å². The molecule has 18 heavy (non-hydrogen) atoms. The van der Waals surface area contributed by atoms with Gasteiger partial charge in [0.25, 0.3) is 0 Å². The Hall–Kier alpha value is -1.91. The van der Waals surface area contributed by atoms with Crippen LogP contribution in [0.15, 0.2) is 47.3 Å². The minimum absolute atomic E-state index is 0.362. The van der Waals surface area contributed by atoms with E-state index in [-0.39, 0.29) is 0 Å². The van der Waals surface area contributed by atoms with Crippen LogP contribution < -0.4 is 0 Å². The van der Waals surface area contributed by atoms with Crippen LogP contribution in [0.2, 0.25) is 5.15 Å². The second kappa shape index (κ2) is 4.40. The minimum Gasteiger partial charge on any atom is -0.458 e. The van der Waals surface area contributed by atoms with Crippen molar-refractivity contribution >= 4 is 22.6 Å². The van der Waals surface area contributed by atoms with E-state index in [2.05, 4.69) is 9.97 Å². The molecule has 0 aromatic carbocycles. The molecule has 0 aliphatic rings. The van der Waals surface area contributed by atoms with Crippen LogP contribution in [-0.2, 0) is 0 Å². The molecule has 0 saturated carbocycles. The molecule has 3 aromatic heterocycles. The average molecular weight is 261 g/mol. The second-order valence-corrected chi connectivity index (χ2v) is 4.21. The number of pyridine rings is 2. The summed E-state index contributed by atoms with van der Waals surface area (Å²) in [6.45, 7) is 0. The number of furan rings is 1. The van der Waals surface area contributed by atoms with E-state index in [1.807, 2.05) is 0 Å². The summed E-state index contributed by atoms with van der Waals surface area (Å²) < 4.78 is 5.56. The third kappa shape index (κ3) is 1.85. The van der Waals surface area contributed by atoms with Crippen LogP contribution in [0.4, 0.5) is 0 Å². The molecule has 4 nitrogen and oxygen atoms in total. The highest BCUT2D eigenvalue weighted by Gasteiger charge is 2.16. The van der Waals surface area contributed by atoms with E-state index >= 15 is 0 Å². The Bertz CT molecular complexity index is 682. The number of nitrogens with zero attached hydrogens (tertiary/aromatic N) is 2. The lowest BCUT2D eigenvalue weighted by Gasteiger charge is -2.06. The molecule has 3 heterocycles. The van der Waals surface area contributed by atoms with Crippen LogP contribution in [0.3, 0.4) is 0 Å². The van der Waals surface area contributed by atoms with Crippen LogP contribution in [0.5, 0.6) is 0 Å². The first kappa shape index (κ1) is 11.2. The summed E-state index contributed by atoms with van der Waals surface area (Å²) in [5, 5.41) is 11.2. The summed E-state index contributed by atoms with van der Waals surface area (Å²) >= 11 is 5.96. The van der Waals surface area contributed by atoms with Crippen LogP contribution in [0.1, 0.15) is 17.4 Å². The highest BCUT2D eigenvalue weighted by Crippen LogP contribution is 2.30. The minimum atomic E-state index is -0.859. The van der Waals surface area contributed by atoms with Gasteiger partial charge in [-0.05, 0) is 18.2 Å². The fourth-order valence-corrected chi connectivity index (χ4v) is 1.99. The number of hydrogen-bond donors (Lipinski definition) is 1. The van der Waals surface area contributed by atoms with Gasteiger partial charge in [-0.15, -0.1) is 0 Å². The van der Waals surface area contributed by atoms with E-state index in [1.54, 1.807) is 42.9 Å². The maximum Gasteiger partial charge on any atom is 0.140 e. The molecule has 0 radical (unpaired) electrons. The Morgan fingerprint density at radius 1 is 1.28 bits per heavy atom. The first-order chi connectivity index (χ1) is 8.75. The van der Waals surface area contributed by atoms with Gasteiger partial charge in [0.2, 0.25) is 0 Å². The average Bonchev–Trinajstić information content (AvgIpc) is 2.84. The van der Waals surface area contributed by atoms with Crippen molar-refractivity contribution in [2.45, 2.75) is 6.10 Å². The van der Waals surface area contributed by atoms with E-state index < -0.39 is 6.10 Å². The van der Waals surface area contributed by atoms with Gasteiger partial charge >= 0.3 is 0 Å². The van der Waals surface area contributed by atoms with Crippen LogP contribution in [0, 0.1) is 0 Å². The molecule has 0 spiro atoms. The molecule has 3 rings (SSSR count). The number of aliphatic hydroxyl groups excluding tert-OH is 1. The van der Waals surface area contributed by atoms with Crippen LogP contribution in [-0.4, -0.2) is 15.1 Å². The van der Waals surface area contributed by atoms with Gasteiger partial charge in [0.15, 0.2) is 0 Å². The predicted molar refractivity (Wildman–Crippen MR) is 67.3 cm³/mol. The SMILES string of the molecule is OC(c1cccnc1)c1cc2c(Cl)nccc2o1. The van der Waals surface area contributed by atoms with Gasteiger partial charge in [0.1, 0.15) is 22.6 Å². The molecule has 0 amide bonds. The van der Waals surface area contributed by atoms with Crippen molar-refractivity contribution in [3.05, 3.63) is 59.3 Å².